The van der Waals surface area contributed by atoms with Gasteiger partial charge in [0.25, 0.3) is 0 Å². The number of nitrogens with zero attached hydrogens (tertiary/aromatic N) is 2. The lowest BCUT2D eigenvalue weighted by atomic mass is 10.1. The van der Waals surface area contributed by atoms with Gasteiger partial charge < -0.3 is 0 Å². The highest BCUT2D eigenvalue weighted by Gasteiger charge is 2.01. The summed E-state index contributed by atoms with van der Waals surface area (Å²) in [4.78, 5) is 8.76. The van der Waals surface area contributed by atoms with Gasteiger partial charge in [0.1, 0.15) is 5.82 Å². The SMILES string of the molecule is CCCCCCCc1cnc(C(C)C)nc1. The molecule has 2 nitrogen and oxygen atoms in total. The van der Waals surface area contributed by atoms with Crippen LogP contribution in [0.15, 0.2) is 12.4 Å². The van der Waals surface area contributed by atoms with Crippen molar-refractivity contribution in [1.82, 2.24) is 9.97 Å². The number of hydrogen-bond donors (Lipinski definition) is 0. The topological polar surface area (TPSA) is 25.8 Å². The molecule has 0 aliphatic rings. The number of aromatic nitrogens is 2. The van der Waals surface area contributed by atoms with E-state index in [1.807, 2.05) is 12.4 Å². The third-order valence-electron chi connectivity index (χ3n) is 2.81. The quantitative estimate of drug-likeness (QED) is 0.646. The van der Waals surface area contributed by atoms with Crippen molar-refractivity contribution in [3.63, 3.8) is 0 Å². The summed E-state index contributed by atoms with van der Waals surface area (Å²) in [6.45, 7) is 6.50. The zero-order chi connectivity index (χ0) is 11.8. The fraction of sp³-hybridized carbons (Fsp3) is 0.714. The van der Waals surface area contributed by atoms with Gasteiger partial charge in [0.05, 0.1) is 0 Å². The Morgan fingerprint density at radius 2 is 1.62 bits per heavy atom. The fourth-order valence-electron chi connectivity index (χ4n) is 1.72. The van der Waals surface area contributed by atoms with E-state index < -0.39 is 0 Å². The highest BCUT2D eigenvalue weighted by Crippen LogP contribution is 2.10. The van der Waals surface area contributed by atoms with Crippen molar-refractivity contribution in [1.29, 1.82) is 0 Å². The first kappa shape index (κ1) is 13.1. The standard InChI is InChI=1S/C14H24N2/c1-4-5-6-7-8-9-13-10-15-14(12(2)3)16-11-13/h10-12H,4-9H2,1-3H3. The molecule has 0 aliphatic carbocycles. The van der Waals surface area contributed by atoms with Gasteiger partial charge in [-0.1, -0.05) is 46.5 Å². The molecular weight excluding hydrogens is 196 g/mol. The minimum Gasteiger partial charge on any atom is -0.241 e. The molecule has 1 aromatic rings. The Balaban J connectivity index is 2.27. The van der Waals surface area contributed by atoms with E-state index in [4.69, 9.17) is 0 Å². The Kier molecular flexibility index (Phi) is 6.05. The third kappa shape index (κ3) is 4.73. The molecule has 2 heteroatoms. The molecule has 1 aromatic heterocycles. The summed E-state index contributed by atoms with van der Waals surface area (Å²) in [6, 6.07) is 0. The van der Waals surface area contributed by atoms with Gasteiger partial charge in [-0.05, 0) is 18.4 Å². The van der Waals surface area contributed by atoms with Crippen LogP contribution >= 0.6 is 0 Å². The van der Waals surface area contributed by atoms with Gasteiger partial charge in [0, 0.05) is 18.3 Å². The molecule has 0 saturated heterocycles. The second-order valence-corrected chi connectivity index (χ2v) is 4.77. The van der Waals surface area contributed by atoms with Gasteiger partial charge >= 0.3 is 0 Å². The molecule has 0 N–H and O–H groups in total. The van der Waals surface area contributed by atoms with Crippen LogP contribution in [0, 0.1) is 0 Å². The van der Waals surface area contributed by atoms with Crippen molar-refractivity contribution in [2.75, 3.05) is 0 Å². The van der Waals surface area contributed by atoms with Gasteiger partial charge in [-0.15, -0.1) is 0 Å². The maximum absolute atomic E-state index is 4.38. The van der Waals surface area contributed by atoms with Gasteiger partial charge in [-0.25, -0.2) is 9.97 Å². The molecule has 0 unspecified atom stereocenters. The van der Waals surface area contributed by atoms with Crippen LogP contribution in [0.1, 0.15) is 70.2 Å². The minimum absolute atomic E-state index is 0.429. The van der Waals surface area contributed by atoms with Crippen LogP contribution in [0.25, 0.3) is 0 Å². The summed E-state index contributed by atoms with van der Waals surface area (Å²) in [5.74, 6) is 1.38. The lowest BCUT2D eigenvalue weighted by molar-refractivity contribution is 0.630. The van der Waals surface area contributed by atoms with Crippen LogP contribution in [0.2, 0.25) is 0 Å². The van der Waals surface area contributed by atoms with E-state index in [2.05, 4.69) is 30.7 Å². The summed E-state index contributed by atoms with van der Waals surface area (Å²) in [5, 5.41) is 0. The summed E-state index contributed by atoms with van der Waals surface area (Å²) in [7, 11) is 0. The zero-order valence-electron chi connectivity index (χ0n) is 10.9. The van der Waals surface area contributed by atoms with Crippen molar-refractivity contribution < 1.29 is 0 Å². The Hall–Kier alpha value is -0.920. The van der Waals surface area contributed by atoms with Gasteiger partial charge in [0.2, 0.25) is 0 Å². The van der Waals surface area contributed by atoms with Gasteiger partial charge in [0.15, 0.2) is 0 Å². The lowest BCUT2D eigenvalue weighted by Gasteiger charge is -2.04. The Bertz CT molecular complexity index is 277. The summed E-state index contributed by atoms with van der Waals surface area (Å²) in [5.41, 5.74) is 1.28. The monoisotopic (exact) mass is 220 g/mol. The van der Waals surface area contributed by atoms with Crippen molar-refractivity contribution in [3.05, 3.63) is 23.8 Å². The molecule has 0 saturated carbocycles. The van der Waals surface area contributed by atoms with Gasteiger partial charge in [-0.3, -0.25) is 0 Å². The fourth-order valence-corrected chi connectivity index (χ4v) is 1.72. The first-order valence-corrected chi connectivity index (χ1v) is 6.54. The maximum Gasteiger partial charge on any atom is 0.130 e. The molecule has 0 bridgehead atoms. The van der Waals surface area contributed by atoms with Gasteiger partial charge in [-0.2, -0.15) is 0 Å². The summed E-state index contributed by atoms with van der Waals surface area (Å²) < 4.78 is 0. The average molecular weight is 220 g/mol. The Morgan fingerprint density at radius 1 is 1.00 bits per heavy atom. The largest absolute Gasteiger partial charge is 0.241 e. The summed E-state index contributed by atoms with van der Waals surface area (Å²) >= 11 is 0. The van der Waals surface area contributed by atoms with Crippen molar-refractivity contribution in [3.8, 4) is 0 Å². The van der Waals surface area contributed by atoms with E-state index in [-0.39, 0.29) is 0 Å². The van der Waals surface area contributed by atoms with Crippen LogP contribution in [-0.4, -0.2) is 9.97 Å². The molecular formula is C14H24N2. The van der Waals surface area contributed by atoms with E-state index in [9.17, 15) is 0 Å². The summed E-state index contributed by atoms with van der Waals surface area (Å²) in [6.07, 6.45) is 11.7. The number of rotatable bonds is 7. The predicted molar refractivity (Wildman–Crippen MR) is 68.6 cm³/mol. The van der Waals surface area contributed by atoms with Crippen LogP contribution in [0.4, 0.5) is 0 Å². The molecule has 0 aromatic carbocycles. The first-order valence-electron chi connectivity index (χ1n) is 6.54. The molecule has 0 spiro atoms. The second kappa shape index (κ2) is 7.37. The smallest absolute Gasteiger partial charge is 0.130 e. The lowest BCUT2D eigenvalue weighted by Crippen LogP contribution is -1.98. The number of aryl methyl sites for hydroxylation is 1. The van der Waals surface area contributed by atoms with Crippen molar-refractivity contribution >= 4 is 0 Å². The van der Waals surface area contributed by atoms with E-state index in [0.29, 0.717) is 5.92 Å². The molecule has 0 atom stereocenters. The first-order chi connectivity index (χ1) is 7.74. The normalized spacial score (nSPS) is 11.0. The Labute approximate surface area is 99.5 Å². The molecule has 1 heterocycles. The van der Waals surface area contributed by atoms with E-state index in [1.165, 1.54) is 37.7 Å². The van der Waals surface area contributed by atoms with Crippen LogP contribution in [0.3, 0.4) is 0 Å². The number of hydrogen-bond acceptors (Lipinski definition) is 2. The van der Waals surface area contributed by atoms with Crippen LogP contribution in [0.5, 0.6) is 0 Å². The molecule has 0 fully saturated rings. The maximum atomic E-state index is 4.38. The average Bonchev–Trinajstić information content (AvgIpc) is 2.29. The molecule has 0 radical (unpaired) electrons. The highest BCUT2D eigenvalue weighted by molar-refractivity contribution is 5.06. The zero-order valence-corrected chi connectivity index (χ0v) is 10.9. The minimum atomic E-state index is 0.429. The highest BCUT2D eigenvalue weighted by atomic mass is 14.9. The molecule has 0 aliphatic heterocycles. The second-order valence-electron chi connectivity index (χ2n) is 4.77. The van der Waals surface area contributed by atoms with E-state index >= 15 is 0 Å². The Morgan fingerprint density at radius 3 is 2.19 bits per heavy atom. The molecule has 90 valence electrons. The van der Waals surface area contributed by atoms with Crippen molar-refractivity contribution in [2.24, 2.45) is 0 Å². The number of unbranched alkanes of at least 4 members (excludes halogenated alkanes) is 4. The third-order valence-corrected chi connectivity index (χ3v) is 2.81. The molecule has 16 heavy (non-hydrogen) atoms. The van der Waals surface area contributed by atoms with Crippen molar-refractivity contribution in [2.45, 2.75) is 65.2 Å². The molecule has 1 rings (SSSR count). The molecule has 0 amide bonds. The van der Waals surface area contributed by atoms with Crippen LogP contribution < -0.4 is 0 Å². The van der Waals surface area contributed by atoms with Crippen LogP contribution in [-0.2, 0) is 6.42 Å². The van der Waals surface area contributed by atoms with E-state index in [0.717, 1.165) is 12.2 Å². The predicted octanol–water partition coefficient (Wildman–Crippen LogP) is 4.11. The van der Waals surface area contributed by atoms with E-state index in [1.54, 1.807) is 0 Å².